The van der Waals surface area contributed by atoms with Gasteiger partial charge in [-0.05, 0) is 19.3 Å². The highest BCUT2D eigenvalue weighted by Gasteiger charge is 2.59. The number of unbranched alkanes of at least 4 members (excludes halogenated alkanes) is 3. The van der Waals surface area contributed by atoms with Crippen LogP contribution in [0.5, 0.6) is 0 Å². The summed E-state index contributed by atoms with van der Waals surface area (Å²) in [5, 5.41) is 0. The van der Waals surface area contributed by atoms with Crippen LogP contribution in [-0.2, 0) is 0 Å². The van der Waals surface area contributed by atoms with Gasteiger partial charge in [0.2, 0.25) is 0 Å². The van der Waals surface area contributed by atoms with E-state index < -0.39 is 24.3 Å². The Bertz CT molecular complexity index is 247. The molecule has 1 atom stereocenters. The van der Waals surface area contributed by atoms with Crippen molar-refractivity contribution in [3.8, 4) is 0 Å². The lowest BCUT2D eigenvalue weighted by molar-refractivity contribution is -0.292. The third kappa shape index (κ3) is 6.81. The molecule has 0 amide bonds. The van der Waals surface area contributed by atoms with Gasteiger partial charge in [-0.3, -0.25) is 11.3 Å². The molecular weight excluding hydrogens is 274 g/mol. The van der Waals surface area contributed by atoms with Gasteiger partial charge in [-0.2, -0.15) is 26.3 Å². The van der Waals surface area contributed by atoms with Crippen molar-refractivity contribution in [1.29, 1.82) is 0 Å². The molecule has 0 aliphatic rings. The van der Waals surface area contributed by atoms with Crippen molar-refractivity contribution >= 4 is 0 Å². The Kier molecular flexibility index (Phi) is 7.43. The highest BCUT2D eigenvalue weighted by molar-refractivity contribution is 4.86. The van der Waals surface area contributed by atoms with Crippen LogP contribution in [0, 0.1) is 5.92 Å². The van der Waals surface area contributed by atoms with E-state index in [4.69, 9.17) is 5.84 Å². The average molecular weight is 292 g/mol. The Balaban J connectivity index is 4.55. The van der Waals surface area contributed by atoms with E-state index in [2.05, 4.69) is 6.58 Å². The molecule has 3 N–H and O–H groups in total. The Morgan fingerprint density at radius 1 is 1.00 bits per heavy atom. The van der Waals surface area contributed by atoms with E-state index in [9.17, 15) is 26.3 Å². The number of hydrogen-bond donors (Lipinski definition) is 2. The number of hydrogen-bond acceptors (Lipinski definition) is 2. The molecule has 2 nitrogen and oxygen atoms in total. The highest BCUT2D eigenvalue weighted by Crippen LogP contribution is 2.42. The molecule has 0 aromatic rings. The number of alkyl halides is 6. The van der Waals surface area contributed by atoms with Crippen LogP contribution in [0.4, 0.5) is 26.3 Å². The van der Waals surface area contributed by atoms with Crippen molar-refractivity contribution in [3.05, 3.63) is 12.7 Å². The molecular formula is C11H18F6N2. The molecule has 0 spiro atoms. The number of halogens is 6. The zero-order chi connectivity index (χ0) is 15.1. The van der Waals surface area contributed by atoms with Gasteiger partial charge in [0, 0.05) is 6.04 Å². The van der Waals surface area contributed by atoms with Crippen LogP contribution in [0.15, 0.2) is 12.7 Å². The Morgan fingerprint density at radius 2 is 1.53 bits per heavy atom. The van der Waals surface area contributed by atoms with Crippen molar-refractivity contribution in [2.75, 3.05) is 0 Å². The van der Waals surface area contributed by atoms with Crippen molar-refractivity contribution < 1.29 is 26.3 Å². The Labute approximate surface area is 108 Å². The largest absolute Gasteiger partial charge is 0.402 e. The molecule has 0 heterocycles. The molecule has 114 valence electrons. The van der Waals surface area contributed by atoms with Gasteiger partial charge < -0.3 is 0 Å². The molecule has 1 unspecified atom stereocenters. The first-order valence-corrected chi connectivity index (χ1v) is 5.85. The Hall–Kier alpha value is -0.760. The maximum absolute atomic E-state index is 12.5. The van der Waals surface area contributed by atoms with E-state index in [1.165, 1.54) is 0 Å². The molecule has 0 aromatic carbocycles. The summed E-state index contributed by atoms with van der Waals surface area (Å²) in [5.41, 5.74) is 1.65. The first-order valence-electron chi connectivity index (χ1n) is 5.85. The smallest absolute Gasteiger partial charge is 0.271 e. The maximum atomic E-state index is 12.5. The summed E-state index contributed by atoms with van der Waals surface area (Å²) in [6, 6.07) is -1.86. The minimum atomic E-state index is -5.36. The Morgan fingerprint density at radius 3 is 1.89 bits per heavy atom. The fourth-order valence-electron chi connectivity index (χ4n) is 1.82. The van der Waals surface area contributed by atoms with Crippen LogP contribution in [-0.4, -0.2) is 18.4 Å². The fourth-order valence-corrected chi connectivity index (χ4v) is 1.82. The van der Waals surface area contributed by atoms with Crippen molar-refractivity contribution in [2.45, 2.75) is 50.5 Å². The summed E-state index contributed by atoms with van der Waals surface area (Å²) in [6.45, 7) is 3.47. The molecule has 0 aliphatic carbocycles. The molecule has 0 saturated carbocycles. The van der Waals surface area contributed by atoms with Crippen molar-refractivity contribution in [2.24, 2.45) is 11.8 Å². The second kappa shape index (κ2) is 7.74. The number of hydrazine groups is 1. The van der Waals surface area contributed by atoms with Crippen molar-refractivity contribution in [1.82, 2.24) is 5.43 Å². The second-order valence-electron chi connectivity index (χ2n) is 4.26. The lowest BCUT2D eigenvalue weighted by Crippen LogP contribution is -2.53. The normalized spacial score (nSPS) is 14.7. The van der Waals surface area contributed by atoms with E-state index in [1.807, 2.05) is 0 Å². The predicted molar refractivity (Wildman–Crippen MR) is 60.0 cm³/mol. The van der Waals surface area contributed by atoms with E-state index >= 15 is 0 Å². The van der Waals surface area contributed by atoms with Gasteiger partial charge >= 0.3 is 12.4 Å². The summed E-state index contributed by atoms with van der Waals surface area (Å²) in [5.74, 6) is 1.40. The average Bonchev–Trinajstić information content (AvgIpc) is 2.23. The summed E-state index contributed by atoms with van der Waals surface area (Å²) >= 11 is 0. The topological polar surface area (TPSA) is 38.0 Å². The minimum Gasteiger partial charge on any atom is -0.271 e. The second-order valence-corrected chi connectivity index (χ2v) is 4.26. The van der Waals surface area contributed by atoms with E-state index in [0.29, 0.717) is 19.3 Å². The molecule has 0 fully saturated rings. The molecule has 0 aromatic heterocycles. The number of nitrogens with two attached hydrogens (primary N) is 1. The summed E-state index contributed by atoms with van der Waals surface area (Å²) in [4.78, 5) is 0. The van der Waals surface area contributed by atoms with E-state index in [1.54, 1.807) is 11.5 Å². The number of rotatable bonds is 8. The number of nitrogens with one attached hydrogen (secondary N) is 1. The highest BCUT2D eigenvalue weighted by atomic mass is 19.4. The molecule has 0 saturated heterocycles. The van der Waals surface area contributed by atoms with E-state index in [0.717, 1.165) is 0 Å². The monoisotopic (exact) mass is 292 g/mol. The van der Waals surface area contributed by atoms with Crippen LogP contribution in [0.1, 0.15) is 32.1 Å². The number of allylic oxidation sites excluding steroid dienone is 1. The van der Waals surface area contributed by atoms with Crippen LogP contribution in [0.3, 0.4) is 0 Å². The van der Waals surface area contributed by atoms with Gasteiger partial charge in [0.1, 0.15) is 0 Å². The lowest BCUT2D eigenvalue weighted by atomic mass is 9.93. The third-order valence-electron chi connectivity index (χ3n) is 2.75. The van der Waals surface area contributed by atoms with E-state index in [-0.39, 0.29) is 12.8 Å². The van der Waals surface area contributed by atoms with Crippen LogP contribution in [0.25, 0.3) is 0 Å². The van der Waals surface area contributed by atoms with Crippen LogP contribution in [0.2, 0.25) is 0 Å². The van der Waals surface area contributed by atoms with Gasteiger partial charge in [-0.25, -0.2) is 0 Å². The zero-order valence-corrected chi connectivity index (χ0v) is 10.3. The fraction of sp³-hybridized carbons (Fsp3) is 0.818. The standard InChI is InChI=1S/C11H18F6N2/c1-2-3-4-5-6-7-8(19-18)9(10(12,13)14)11(15,16)17/h2,8-9,19H,1,3-7,18H2. The summed E-state index contributed by atoms with van der Waals surface area (Å²) in [7, 11) is 0. The zero-order valence-electron chi connectivity index (χ0n) is 10.3. The predicted octanol–water partition coefficient (Wildman–Crippen LogP) is 3.70. The van der Waals surface area contributed by atoms with Crippen molar-refractivity contribution in [3.63, 3.8) is 0 Å². The molecule has 0 rings (SSSR count). The summed E-state index contributed by atoms with van der Waals surface area (Å²) < 4.78 is 74.7. The molecule has 0 radical (unpaired) electrons. The first kappa shape index (κ1) is 18.2. The first-order chi connectivity index (χ1) is 8.64. The minimum absolute atomic E-state index is 0.241. The maximum Gasteiger partial charge on any atom is 0.402 e. The summed E-state index contributed by atoms with van der Waals surface area (Å²) in [6.07, 6.45) is -7.22. The quantitative estimate of drug-likeness (QED) is 0.235. The van der Waals surface area contributed by atoms with Gasteiger partial charge in [-0.1, -0.05) is 18.9 Å². The van der Waals surface area contributed by atoms with Gasteiger partial charge in [0.15, 0.2) is 5.92 Å². The molecule has 0 aliphatic heterocycles. The van der Waals surface area contributed by atoms with Gasteiger partial charge in [0.25, 0.3) is 0 Å². The van der Waals surface area contributed by atoms with Crippen LogP contribution < -0.4 is 11.3 Å². The van der Waals surface area contributed by atoms with Crippen LogP contribution >= 0.6 is 0 Å². The lowest BCUT2D eigenvalue weighted by Gasteiger charge is -2.30. The van der Waals surface area contributed by atoms with Gasteiger partial charge in [0.05, 0.1) is 0 Å². The molecule has 8 heteroatoms. The van der Waals surface area contributed by atoms with Gasteiger partial charge in [-0.15, -0.1) is 6.58 Å². The SMILES string of the molecule is C=CCCCCCC(NN)C(C(F)(F)F)C(F)(F)F. The third-order valence-corrected chi connectivity index (χ3v) is 2.75. The molecule has 0 bridgehead atoms. The molecule has 19 heavy (non-hydrogen) atoms.